The maximum Gasteiger partial charge on any atom is 0.471 e. The Morgan fingerprint density at radius 2 is 2.07 bits per heavy atom. The van der Waals surface area contributed by atoms with Crippen LogP contribution in [-0.4, -0.2) is 27.6 Å². The largest absolute Gasteiger partial charge is 0.471 e. The number of hydrogen-bond acceptors (Lipinski definition) is 5. The molecule has 0 saturated heterocycles. The van der Waals surface area contributed by atoms with E-state index in [9.17, 15) is 18.0 Å². The smallest absolute Gasteiger partial charge is 0.334 e. The molecule has 10 heteroatoms. The number of benzene rings is 1. The average Bonchev–Trinajstić information content (AvgIpc) is 3.32. The lowest BCUT2D eigenvalue weighted by atomic mass is 10.1. The van der Waals surface area contributed by atoms with Crippen molar-refractivity contribution in [3.8, 4) is 10.7 Å². The van der Waals surface area contributed by atoms with Crippen LogP contribution in [0.25, 0.3) is 10.7 Å². The van der Waals surface area contributed by atoms with Crippen LogP contribution < -0.4 is 5.32 Å². The van der Waals surface area contributed by atoms with Crippen molar-refractivity contribution in [2.45, 2.75) is 25.7 Å². The van der Waals surface area contributed by atoms with Gasteiger partial charge in [-0.1, -0.05) is 35.5 Å². The van der Waals surface area contributed by atoms with Crippen LogP contribution in [0.15, 0.2) is 40.9 Å². The number of fused-ring (bicyclic) bond motifs is 1. The van der Waals surface area contributed by atoms with Crippen LogP contribution in [0.3, 0.4) is 0 Å². The van der Waals surface area contributed by atoms with Crippen LogP contribution >= 0.6 is 11.3 Å². The number of urea groups is 1. The number of hydrogen-bond donors (Lipinski definition) is 1. The van der Waals surface area contributed by atoms with Crippen molar-refractivity contribution in [3.05, 3.63) is 58.3 Å². The second-order valence-electron chi connectivity index (χ2n) is 6.30. The van der Waals surface area contributed by atoms with Gasteiger partial charge in [0.1, 0.15) is 0 Å². The molecule has 0 spiro atoms. The standard InChI is InChI=1S/C18H15F3N4O2S/c19-18(20,21)16-23-15(24-27-16)13-8-12-6-7-25(10-14(12)28-13)17(26)22-9-11-4-2-1-3-5-11/h1-5,8H,6-7,9-10H2,(H,22,26). The molecular weight excluding hydrogens is 393 g/mol. The molecule has 0 fully saturated rings. The first-order valence-corrected chi connectivity index (χ1v) is 9.31. The Labute approximate surface area is 162 Å². The summed E-state index contributed by atoms with van der Waals surface area (Å²) in [5.74, 6) is -1.46. The number of thiophene rings is 1. The summed E-state index contributed by atoms with van der Waals surface area (Å²) in [4.78, 5) is 18.9. The highest BCUT2D eigenvalue weighted by Crippen LogP contribution is 2.35. The average molecular weight is 408 g/mol. The monoisotopic (exact) mass is 408 g/mol. The molecule has 1 N–H and O–H groups in total. The Balaban J connectivity index is 1.43. The van der Waals surface area contributed by atoms with E-state index >= 15 is 0 Å². The van der Waals surface area contributed by atoms with E-state index in [1.165, 1.54) is 11.3 Å². The summed E-state index contributed by atoms with van der Waals surface area (Å²) in [6.07, 6.45) is -4.05. The van der Waals surface area contributed by atoms with Crippen molar-refractivity contribution in [2.24, 2.45) is 0 Å². The highest BCUT2D eigenvalue weighted by molar-refractivity contribution is 7.15. The summed E-state index contributed by atoms with van der Waals surface area (Å²) in [6, 6.07) is 11.2. The van der Waals surface area contributed by atoms with Crippen molar-refractivity contribution in [2.75, 3.05) is 6.54 Å². The number of nitrogens with one attached hydrogen (secondary N) is 1. The molecule has 2 amide bonds. The Morgan fingerprint density at radius 1 is 1.29 bits per heavy atom. The minimum Gasteiger partial charge on any atom is -0.334 e. The van der Waals surface area contributed by atoms with Crippen LogP contribution in [0.2, 0.25) is 0 Å². The number of halogens is 3. The zero-order valence-electron chi connectivity index (χ0n) is 14.5. The first-order chi connectivity index (χ1) is 13.4. The van der Waals surface area contributed by atoms with E-state index in [1.807, 2.05) is 30.3 Å². The fraction of sp³-hybridized carbons (Fsp3) is 0.278. The Morgan fingerprint density at radius 3 is 2.79 bits per heavy atom. The normalized spacial score (nSPS) is 14.0. The highest BCUT2D eigenvalue weighted by Gasteiger charge is 2.38. The zero-order valence-corrected chi connectivity index (χ0v) is 15.3. The van der Waals surface area contributed by atoms with Gasteiger partial charge in [0, 0.05) is 18.0 Å². The molecule has 1 aromatic carbocycles. The van der Waals surface area contributed by atoms with Gasteiger partial charge >= 0.3 is 18.1 Å². The van der Waals surface area contributed by atoms with Gasteiger partial charge in [0.2, 0.25) is 5.82 Å². The number of alkyl halides is 3. The van der Waals surface area contributed by atoms with Crippen molar-refractivity contribution in [3.63, 3.8) is 0 Å². The zero-order chi connectivity index (χ0) is 19.7. The molecule has 0 unspecified atom stereocenters. The van der Waals surface area contributed by atoms with Crippen molar-refractivity contribution >= 4 is 17.4 Å². The molecule has 2 aromatic heterocycles. The summed E-state index contributed by atoms with van der Waals surface area (Å²) >= 11 is 1.27. The van der Waals surface area contributed by atoms with Gasteiger partial charge in [-0.3, -0.25) is 0 Å². The Bertz CT molecular complexity index is 984. The first-order valence-electron chi connectivity index (χ1n) is 8.50. The summed E-state index contributed by atoms with van der Waals surface area (Å²) in [7, 11) is 0. The van der Waals surface area contributed by atoms with Crippen molar-refractivity contribution in [1.82, 2.24) is 20.4 Å². The number of amides is 2. The maximum atomic E-state index is 12.6. The van der Waals surface area contributed by atoms with Gasteiger partial charge in [0.25, 0.3) is 0 Å². The van der Waals surface area contributed by atoms with Gasteiger partial charge in [-0.2, -0.15) is 18.2 Å². The highest BCUT2D eigenvalue weighted by atomic mass is 32.1. The van der Waals surface area contributed by atoms with Crippen LogP contribution in [-0.2, 0) is 25.7 Å². The number of aromatic nitrogens is 2. The quantitative estimate of drug-likeness (QED) is 0.709. The SMILES string of the molecule is O=C(NCc1ccccc1)N1CCc2cc(-c3noc(C(F)(F)F)n3)sc2C1. The maximum absolute atomic E-state index is 12.6. The van der Waals surface area contributed by atoms with E-state index in [0.29, 0.717) is 30.9 Å². The molecule has 3 heterocycles. The second kappa shape index (κ2) is 7.27. The third-order valence-corrected chi connectivity index (χ3v) is 5.50. The molecule has 0 radical (unpaired) electrons. The molecule has 28 heavy (non-hydrogen) atoms. The number of carbonyl (C=O) groups is 1. The molecule has 0 aliphatic carbocycles. The fourth-order valence-corrected chi connectivity index (χ4v) is 4.08. The summed E-state index contributed by atoms with van der Waals surface area (Å²) in [5.41, 5.74) is 2.00. The Kier molecular flexibility index (Phi) is 4.80. The topological polar surface area (TPSA) is 71.3 Å². The molecule has 4 rings (SSSR count). The van der Waals surface area contributed by atoms with Crippen LogP contribution in [0, 0.1) is 0 Å². The minimum atomic E-state index is -4.67. The lowest BCUT2D eigenvalue weighted by Gasteiger charge is -2.27. The van der Waals surface area contributed by atoms with Gasteiger partial charge in [0.05, 0.1) is 11.4 Å². The molecule has 1 aliphatic heterocycles. The van der Waals surface area contributed by atoms with Crippen LogP contribution in [0.4, 0.5) is 18.0 Å². The predicted octanol–water partition coefficient (Wildman–Crippen LogP) is 4.08. The molecule has 6 nitrogen and oxygen atoms in total. The van der Waals surface area contributed by atoms with Crippen LogP contribution in [0.1, 0.15) is 21.9 Å². The molecule has 146 valence electrons. The van der Waals surface area contributed by atoms with E-state index in [-0.39, 0.29) is 11.9 Å². The summed E-state index contributed by atoms with van der Waals surface area (Å²) < 4.78 is 42.2. The van der Waals surface area contributed by atoms with Gasteiger partial charge in [-0.05, 0) is 23.6 Å². The van der Waals surface area contributed by atoms with Gasteiger partial charge in [-0.15, -0.1) is 11.3 Å². The molecule has 0 atom stereocenters. The minimum absolute atomic E-state index is 0.0909. The van der Waals surface area contributed by atoms with Crippen molar-refractivity contribution < 1.29 is 22.5 Å². The number of carbonyl (C=O) groups excluding carboxylic acids is 1. The molecule has 1 aliphatic rings. The third-order valence-electron chi connectivity index (χ3n) is 4.34. The van der Waals surface area contributed by atoms with Gasteiger partial charge in [0.15, 0.2) is 0 Å². The molecule has 0 bridgehead atoms. The Hall–Kier alpha value is -2.88. The predicted molar refractivity (Wildman–Crippen MR) is 95.4 cm³/mol. The molecular formula is C18H15F3N4O2S. The van der Waals surface area contributed by atoms with E-state index in [4.69, 9.17) is 0 Å². The number of nitrogens with zero attached hydrogens (tertiary/aromatic N) is 3. The number of rotatable bonds is 3. The summed E-state index contributed by atoms with van der Waals surface area (Å²) in [6.45, 7) is 1.36. The van der Waals surface area contributed by atoms with E-state index < -0.39 is 12.1 Å². The van der Waals surface area contributed by atoms with E-state index in [1.54, 1.807) is 11.0 Å². The van der Waals surface area contributed by atoms with E-state index in [2.05, 4.69) is 20.0 Å². The summed E-state index contributed by atoms with van der Waals surface area (Å²) in [5, 5.41) is 6.31. The second-order valence-corrected chi connectivity index (χ2v) is 7.43. The fourth-order valence-electron chi connectivity index (χ4n) is 2.93. The van der Waals surface area contributed by atoms with Crippen molar-refractivity contribution in [1.29, 1.82) is 0 Å². The lowest BCUT2D eigenvalue weighted by molar-refractivity contribution is -0.159. The molecule has 3 aromatic rings. The first kappa shape index (κ1) is 18.5. The van der Waals surface area contributed by atoms with Gasteiger partial charge in [-0.25, -0.2) is 4.79 Å². The third kappa shape index (κ3) is 3.86. The van der Waals surface area contributed by atoms with E-state index in [0.717, 1.165) is 16.0 Å². The lowest BCUT2D eigenvalue weighted by Crippen LogP contribution is -2.42. The molecule has 0 saturated carbocycles. The van der Waals surface area contributed by atoms with Gasteiger partial charge < -0.3 is 14.7 Å². The van der Waals surface area contributed by atoms with Crippen LogP contribution in [0.5, 0.6) is 0 Å².